The summed E-state index contributed by atoms with van der Waals surface area (Å²) in [6, 6.07) is 32.3. The molecule has 3 rings (SSSR count). The molecule has 4 heteroatoms. The molecule has 0 atom stereocenters. The van der Waals surface area contributed by atoms with E-state index in [9.17, 15) is 0 Å². The average Bonchev–Trinajstić information content (AvgIpc) is 2.67. The van der Waals surface area contributed by atoms with Gasteiger partial charge in [-0.2, -0.15) is 0 Å². The van der Waals surface area contributed by atoms with Crippen molar-refractivity contribution in [2.24, 2.45) is 0 Å². The summed E-state index contributed by atoms with van der Waals surface area (Å²) < 4.78 is 0. The second-order valence-electron chi connectivity index (χ2n) is 4.39. The van der Waals surface area contributed by atoms with E-state index in [4.69, 9.17) is 19.1 Å². The van der Waals surface area contributed by atoms with E-state index in [1.807, 2.05) is 0 Å². The van der Waals surface area contributed by atoms with Gasteiger partial charge in [0.05, 0.1) is 0 Å². The van der Waals surface area contributed by atoms with Crippen molar-refractivity contribution in [3.05, 3.63) is 104 Å². The zero-order chi connectivity index (χ0) is 17.6. The summed E-state index contributed by atoms with van der Waals surface area (Å²) in [6.07, 6.45) is 0. The molecule has 3 aromatic rings. The van der Waals surface area contributed by atoms with Crippen LogP contribution in [0.5, 0.6) is 0 Å². The largest absolute Gasteiger partial charge is 0.0622 e. The van der Waals surface area contributed by atoms with Crippen molar-refractivity contribution in [2.45, 2.75) is 0 Å². The van der Waals surface area contributed by atoms with Crippen molar-refractivity contribution in [3.8, 4) is 0 Å². The van der Waals surface area contributed by atoms with Gasteiger partial charge in [-0.1, -0.05) is 91.0 Å². The summed E-state index contributed by atoms with van der Waals surface area (Å²) in [7, 11) is 9.18. The smallest absolute Gasteiger partial charge is 0.0134 e. The van der Waals surface area contributed by atoms with Crippen LogP contribution in [0.15, 0.2) is 104 Å². The number of halogens is 2. The van der Waals surface area contributed by atoms with Gasteiger partial charge < -0.3 is 0 Å². The van der Waals surface area contributed by atoms with Gasteiger partial charge in [-0.15, -0.1) is 13.2 Å². The van der Waals surface area contributed by atoms with Crippen LogP contribution in [0.25, 0.3) is 0 Å². The Bertz CT molecular complexity index is 569. The zero-order valence-corrected chi connectivity index (χ0v) is 17.1. The molecule has 0 saturated heterocycles. The van der Waals surface area contributed by atoms with Crippen molar-refractivity contribution in [3.63, 3.8) is 0 Å². The van der Waals surface area contributed by atoms with Gasteiger partial charge in [-0.25, -0.2) is 0 Å². The molecule has 0 N–H and O–H groups in total. The van der Waals surface area contributed by atoms with Crippen molar-refractivity contribution in [1.29, 1.82) is 0 Å². The molecule has 0 spiro atoms. The van der Waals surface area contributed by atoms with Crippen molar-refractivity contribution >= 4 is 42.9 Å². The molecule has 0 unspecified atom stereocenters. The monoisotopic (exact) mass is 466 g/mol. The summed E-state index contributed by atoms with van der Waals surface area (Å²) in [5.41, 5.74) is 0. The van der Waals surface area contributed by atoms with Crippen molar-refractivity contribution in [2.75, 3.05) is 0 Å². The minimum atomic E-state index is -0.446. The van der Waals surface area contributed by atoms with Crippen LogP contribution in [0.3, 0.4) is 0 Å². The molecule has 0 aliphatic rings. The van der Waals surface area contributed by atoms with E-state index in [2.05, 4.69) is 104 Å². The molecule has 0 fully saturated rings. The van der Waals surface area contributed by atoms with Crippen LogP contribution in [0.2, 0.25) is 0 Å². The van der Waals surface area contributed by atoms with E-state index in [-0.39, 0.29) is 15.9 Å². The molecule has 0 aliphatic carbocycles. The molecule has 0 nitrogen and oxygen atoms in total. The van der Waals surface area contributed by atoms with Crippen molar-refractivity contribution < 1.29 is 15.9 Å². The van der Waals surface area contributed by atoms with E-state index in [1.165, 1.54) is 15.9 Å². The normalized spacial score (nSPS) is 9.46. The first-order valence-electron chi connectivity index (χ1n) is 7.14. The van der Waals surface area contributed by atoms with Gasteiger partial charge in [0, 0.05) is 0 Å². The maximum Gasteiger partial charge on any atom is -0.0134 e. The van der Waals surface area contributed by atoms with E-state index in [0.717, 1.165) is 0 Å². The minimum Gasteiger partial charge on any atom is -0.0622 e. The molecule has 0 radical (unpaired) electrons. The third-order valence-corrected chi connectivity index (χ3v) is 5.49. The average molecular weight is 468 g/mol. The molecule has 0 bridgehead atoms. The Morgan fingerprint density at radius 1 is 0.542 bits per heavy atom. The second kappa shape index (κ2) is 13.4. The maximum absolute atomic E-state index is 4.81. The summed E-state index contributed by atoms with van der Waals surface area (Å²) >= 11 is -0.106. The Labute approximate surface area is 162 Å². The van der Waals surface area contributed by atoms with Gasteiger partial charge in [-0.3, -0.25) is 0 Å². The molecule has 0 saturated carbocycles. The SMILES string of the molecule is C=C.[Cl][Pd][Cl].c1ccc(P(c2ccccc2)c2ccccc2)cc1. The first kappa shape index (κ1) is 21.1. The molecule has 24 heavy (non-hydrogen) atoms. The van der Waals surface area contributed by atoms with Gasteiger partial charge in [0.15, 0.2) is 0 Å². The fraction of sp³-hybridized carbons (Fsp3) is 0. The Morgan fingerprint density at radius 2 is 0.750 bits per heavy atom. The van der Waals surface area contributed by atoms with Crippen LogP contribution >= 0.6 is 27.0 Å². The molecule has 0 heterocycles. The number of hydrogen-bond donors (Lipinski definition) is 0. The topological polar surface area (TPSA) is 0 Å². The van der Waals surface area contributed by atoms with Gasteiger partial charge in [0.1, 0.15) is 0 Å². The number of rotatable bonds is 3. The maximum atomic E-state index is 4.81. The molecule has 0 aromatic heterocycles. The second-order valence-corrected chi connectivity index (χ2v) is 8.97. The predicted octanol–water partition coefficient (Wildman–Crippen LogP) is 5.62. The van der Waals surface area contributed by atoms with Gasteiger partial charge in [0.2, 0.25) is 0 Å². The van der Waals surface area contributed by atoms with Crippen LogP contribution in [-0.2, 0) is 15.9 Å². The Kier molecular flexibility index (Phi) is 11.8. The standard InChI is InChI=1S/C18H15P.C2H4.2ClH.Pd/c1-4-10-16(11-5-1)19(17-12-6-2-7-13-17)18-14-8-3-9-15-18;1-2;;;/h1-15H;1-2H2;2*1H;/q;;;;+2/p-2. The van der Waals surface area contributed by atoms with Crippen LogP contribution in [0.4, 0.5) is 0 Å². The quantitative estimate of drug-likeness (QED) is 0.266. The predicted molar refractivity (Wildman–Crippen MR) is 108 cm³/mol. The fourth-order valence-electron chi connectivity index (χ4n) is 2.18. The van der Waals surface area contributed by atoms with Crippen LogP contribution in [0, 0.1) is 0 Å². The van der Waals surface area contributed by atoms with E-state index >= 15 is 0 Å². The number of benzene rings is 3. The Morgan fingerprint density at radius 3 is 0.958 bits per heavy atom. The summed E-state index contributed by atoms with van der Waals surface area (Å²) in [5.74, 6) is 0. The van der Waals surface area contributed by atoms with Gasteiger partial charge in [0.25, 0.3) is 0 Å². The first-order valence-corrected chi connectivity index (χ1v) is 12.5. The Hall–Kier alpha value is -0.928. The van der Waals surface area contributed by atoms with E-state index in [1.54, 1.807) is 0 Å². The minimum absolute atomic E-state index is 0.106. The molecule has 3 aromatic carbocycles. The summed E-state index contributed by atoms with van der Waals surface area (Å²) in [4.78, 5) is 0. The van der Waals surface area contributed by atoms with Crippen LogP contribution in [0.1, 0.15) is 0 Å². The summed E-state index contributed by atoms with van der Waals surface area (Å²) in [6.45, 7) is 6.00. The zero-order valence-electron chi connectivity index (χ0n) is 13.1. The summed E-state index contributed by atoms with van der Waals surface area (Å²) in [5, 5.41) is 4.19. The molecule has 0 aliphatic heterocycles. The van der Waals surface area contributed by atoms with Crippen molar-refractivity contribution in [1.82, 2.24) is 0 Å². The Balaban J connectivity index is 0.000000521. The molecular formula is C20H19Cl2PPd. The molecule has 0 amide bonds. The van der Waals surface area contributed by atoms with E-state index < -0.39 is 7.92 Å². The molecular weight excluding hydrogens is 449 g/mol. The number of hydrogen-bond acceptors (Lipinski definition) is 0. The van der Waals surface area contributed by atoms with Crippen LogP contribution < -0.4 is 15.9 Å². The fourth-order valence-corrected chi connectivity index (χ4v) is 4.48. The third kappa shape index (κ3) is 6.90. The van der Waals surface area contributed by atoms with E-state index in [0.29, 0.717) is 0 Å². The first-order chi connectivity index (χ1) is 11.9. The molecule has 128 valence electrons. The third-order valence-electron chi connectivity index (χ3n) is 3.04. The van der Waals surface area contributed by atoms with Crippen LogP contribution in [-0.4, -0.2) is 0 Å². The van der Waals surface area contributed by atoms with Gasteiger partial charge >= 0.3 is 35.0 Å². The van der Waals surface area contributed by atoms with Gasteiger partial charge in [-0.05, 0) is 23.8 Å².